The fourth-order valence-corrected chi connectivity index (χ4v) is 17.5. The summed E-state index contributed by atoms with van der Waals surface area (Å²) in [7, 11) is 0. The summed E-state index contributed by atoms with van der Waals surface area (Å²) in [4.78, 5) is 118. The molecule has 10 aromatic carbocycles. The third-order valence-electron chi connectivity index (χ3n) is 21.7. The fourth-order valence-electron chi connectivity index (χ4n) is 15.0. The Morgan fingerprint density at radius 3 is 0.831 bits per heavy atom. The van der Waals surface area contributed by atoms with Gasteiger partial charge in [0.15, 0.2) is 0 Å². The summed E-state index contributed by atoms with van der Waals surface area (Å²) < 4.78 is 16.6. The van der Waals surface area contributed by atoms with E-state index >= 15 is 0 Å². The van der Waals surface area contributed by atoms with Crippen LogP contribution in [-0.2, 0) is 0 Å². The Kier molecular flexibility index (Phi) is 28.9. The van der Waals surface area contributed by atoms with Crippen LogP contribution in [0.4, 0.5) is 21.8 Å². The second-order valence-corrected chi connectivity index (χ2v) is 35.4. The van der Waals surface area contributed by atoms with Gasteiger partial charge in [-0.25, -0.2) is 19.9 Å². The number of benzene rings is 10. The highest BCUT2D eigenvalue weighted by Crippen LogP contribution is 2.32. The van der Waals surface area contributed by atoms with E-state index in [1.54, 1.807) is 153 Å². The van der Waals surface area contributed by atoms with E-state index in [1.165, 1.54) is 45.5 Å². The minimum absolute atomic E-state index is 0.0570. The van der Waals surface area contributed by atoms with Gasteiger partial charge in [-0.3, -0.25) is 77.9 Å². The first-order valence-corrected chi connectivity index (χ1v) is 46.8. The van der Waals surface area contributed by atoms with Gasteiger partial charge in [0.1, 0.15) is 44.7 Å². The van der Waals surface area contributed by atoms with E-state index < -0.39 is 19.7 Å². The van der Waals surface area contributed by atoms with Crippen molar-refractivity contribution < 1.29 is 28.5 Å². The number of nitrogens with zero attached hydrogens (tertiary/aromatic N) is 12. The maximum absolute atomic E-state index is 13.6. The lowest BCUT2D eigenvalue weighted by Crippen LogP contribution is -2.23. The van der Waals surface area contributed by atoms with Crippen molar-refractivity contribution in [2.24, 2.45) is 0 Å². The van der Waals surface area contributed by atoms with Crippen LogP contribution in [0.15, 0.2) is 342 Å². The number of rotatable bonds is 16. The Morgan fingerprint density at radius 1 is 0.282 bits per heavy atom. The zero-order chi connectivity index (χ0) is 98.9. The number of para-hydroxylation sites is 4. The lowest BCUT2D eigenvalue weighted by Gasteiger charge is -2.14. The van der Waals surface area contributed by atoms with Crippen molar-refractivity contribution in [3.05, 3.63) is 506 Å². The van der Waals surface area contributed by atoms with E-state index in [4.69, 9.17) is 18.8 Å². The molecule has 0 amide bonds. The molecule has 0 saturated carbocycles. The van der Waals surface area contributed by atoms with Gasteiger partial charge in [-0.05, 0) is 291 Å². The van der Waals surface area contributed by atoms with Crippen LogP contribution in [0, 0.1) is 116 Å². The molecule has 0 saturated heterocycles. The number of fused-ring (bicyclic) bond motifs is 4. The Labute approximate surface area is 824 Å². The molecular formula is C112H72N12O14S4. The largest absolute Gasteiger partial charge is 0.433 e. The maximum atomic E-state index is 13.6. The van der Waals surface area contributed by atoms with E-state index in [9.17, 15) is 59.6 Å². The molecule has 10 heterocycles. The van der Waals surface area contributed by atoms with Crippen LogP contribution >= 0.6 is 45.3 Å². The first-order valence-electron chi connectivity index (χ1n) is 43.4. The highest BCUT2D eigenvalue weighted by atomic mass is 32.1. The molecule has 20 rings (SSSR count). The number of thiophene rings is 4. The van der Waals surface area contributed by atoms with Gasteiger partial charge in [0, 0.05) is 55.3 Å². The molecule has 0 aliphatic carbocycles. The third-order valence-corrected chi connectivity index (χ3v) is 25.2. The summed E-state index contributed by atoms with van der Waals surface area (Å²) in [6.07, 6.45) is 13.2. The number of hydrogen-bond acceptors (Lipinski definition) is 22. The van der Waals surface area contributed by atoms with E-state index in [1.807, 2.05) is 233 Å². The van der Waals surface area contributed by atoms with Crippen molar-refractivity contribution in [2.75, 3.05) is 0 Å². The normalized spacial score (nSPS) is 11.0. The molecule has 26 nitrogen and oxygen atoms in total. The Bertz CT molecular complexity index is 8510. The predicted octanol–water partition coefficient (Wildman–Crippen LogP) is 24.1. The van der Waals surface area contributed by atoms with Crippen LogP contribution in [0.1, 0.15) is 110 Å². The number of furan rings is 2. The van der Waals surface area contributed by atoms with Gasteiger partial charge >= 0.3 is 21.8 Å². The molecule has 0 aliphatic rings. The maximum Gasteiger partial charge on any atom is 0.433 e. The van der Waals surface area contributed by atoms with Crippen LogP contribution in [0.3, 0.4) is 0 Å². The first-order chi connectivity index (χ1) is 69.0. The second-order valence-electron chi connectivity index (χ2n) is 31.3. The van der Waals surface area contributed by atoms with Gasteiger partial charge < -0.3 is 8.83 Å². The van der Waals surface area contributed by atoms with Crippen molar-refractivity contribution in [3.63, 3.8) is 0 Å². The third kappa shape index (κ3) is 22.4. The molecule has 688 valence electrons. The molecule has 0 atom stereocenters. The summed E-state index contributed by atoms with van der Waals surface area (Å²) in [5, 5.41) is 50.0. The van der Waals surface area contributed by atoms with Crippen LogP contribution < -0.4 is 22.2 Å². The topological polar surface area (TPSA) is 338 Å². The van der Waals surface area contributed by atoms with Crippen molar-refractivity contribution >= 4 is 159 Å². The van der Waals surface area contributed by atoms with Crippen molar-refractivity contribution in [1.82, 2.24) is 38.2 Å². The van der Waals surface area contributed by atoms with Crippen molar-refractivity contribution in [3.8, 4) is 70.1 Å². The number of aromatic nitrogens is 8. The summed E-state index contributed by atoms with van der Waals surface area (Å²) >= 11 is 5.29. The summed E-state index contributed by atoms with van der Waals surface area (Å²) in [6, 6.07) is 90.5. The second kappa shape index (κ2) is 43.3. The zero-order valence-corrected chi connectivity index (χ0v) is 78.6. The quantitative estimate of drug-likeness (QED) is 0.0492. The van der Waals surface area contributed by atoms with Gasteiger partial charge in [0.05, 0.1) is 98.1 Å². The van der Waals surface area contributed by atoms with Crippen LogP contribution in [-0.4, -0.2) is 57.9 Å². The van der Waals surface area contributed by atoms with Gasteiger partial charge in [-0.1, -0.05) is 167 Å². The molecule has 10 aromatic heterocycles. The molecule has 20 aromatic rings. The van der Waals surface area contributed by atoms with Crippen LogP contribution in [0.5, 0.6) is 0 Å². The predicted molar refractivity (Wildman–Crippen MR) is 562 cm³/mol. The SMILES string of the molecule is Cc1cc(C#Cc2ccccc2)ccc1-n1c(/C=C/c2ccc([N+](=O)[O-])o2)nc2ccccc2c1=O.Cc1cc(C#Cc2ccccc2)ccc1-n1c(/C=C/c2ccc([N+](=O)[O-])s2)nc2ccccc2c1=O.Cc1cc(C#Cc2cccs2)ccc1-n1c(/C=C/c2ccc([N+](=O)[O-])o2)nc2ccccc2c1=O.Cc1cc(C#Cc2cccs2)ccc1-n1c(/C=C/c2ccc([N+](=O)[O-])s2)nc2ccccc2c1=O. The molecule has 0 aliphatic heterocycles. The van der Waals surface area contributed by atoms with Crippen molar-refractivity contribution in [2.45, 2.75) is 27.7 Å². The summed E-state index contributed by atoms with van der Waals surface area (Å²) in [5.41, 5.74) is 12.8. The molecule has 30 heteroatoms. The van der Waals surface area contributed by atoms with Gasteiger partial charge in [-0.2, -0.15) is 0 Å². The molecule has 0 unspecified atom stereocenters. The smallest absolute Gasteiger partial charge is 0.401 e. The monoisotopic (exact) mass is 1940 g/mol. The van der Waals surface area contributed by atoms with E-state index in [0.29, 0.717) is 99.4 Å². The fraction of sp³-hybridized carbons (Fsp3) is 0.0357. The number of hydrogen-bond donors (Lipinski definition) is 0. The van der Waals surface area contributed by atoms with Gasteiger partial charge in [0.25, 0.3) is 22.2 Å². The molecule has 142 heavy (non-hydrogen) atoms. The molecule has 0 N–H and O–H groups in total. The Balaban J connectivity index is 0.000000130. The minimum Gasteiger partial charge on any atom is -0.401 e. The minimum atomic E-state index is -0.604. The van der Waals surface area contributed by atoms with E-state index in [2.05, 4.69) is 57.3 Å². The lowest BCUT2D eigenvalue weighted by molar-refractivity contribution is -0.402. The lowest BCUT2D eigenvalue weighted by atomic mass is 10.1. The summed E-state index contributed by atoms with van der Waals surface area (Å²) in [5.74, 6) is 26.7. The molecule has 0 spiro atoms. The zero-order valence-electron chi connectivity index (χ0n) is 75.4. The van der Waals surface area contributed by atoms with Crippen LogP contribution in [0.25, 0.3) is 115 Å². The highest BCUT2D eigenvalue weighted by Gasteiger charge is 2.22. The average molecular weight is 1940 g/mol. The number of aryl methyl sites for hydroxylation is 4. The van der Waals surface area contributed by atoms with E-state index in [-0.39, 0.29) is 55.5 Å². The van der Waals surface area contributed by atoms with Crippen LogP contribution in [0.2, 0.25) is 0 Å². The standard InChI is InChI=1S/C29H19N3O4.C29H19N3O3S.C27H17N3O4S.C27H17N3O3S2/c2*1-20-19-22(12-11-21-7-3-2-4-8-21)13-16-26(20)31-27(17-14-23-15-18-28(36-23)32(34)35)30-25-10-6-5-9-24(25)29(31)33;1-18-17-19(8-12-21-5-4-16-35-21)9-13-24(18)29-25(14-10-20-11-15-26(34-20)30(32)33)28-23-7-3-2-6-22(23)27(29)31;1-18-17-19(8-10-20-5-4-16-34-20)9-13-24(18)29-25(14-11-21-12-15-26(35-21)30(32)33)28-23-7-3-2-6-22(23)27(29)31/h2*2-10,13-19H,1H3;2-7,9-11,13-17H,1H3;2-7,9,11-17H,1H3/b2*17-14+;14-10+;14-11+. The van der Waals surface area contributed by atoms with Crippen molar-refractivity contribution in [1.29, 1.82) is 0 Å². The molecule has 0 radical (unpaired) electrons. The van der Waals surface area contributed by atoms with E-state index in [0.717, 1.165) is 88.1 Å². The van der Waals surface area contributed by atoms with Gasteiger partial charge in [-0.15, -0.1) is 22.7 Å². The first kappa shape index (κ1) is 94.7. The molecule has 0 bridgehead atoms. The van der Waals surface area contributed by atoms with Gasteiger partial charge in [0.2, 0.25) is 0 Å². The summed E-state index contributed by atoms with van der Waals surface area (Å²) in [6.45, 7) is 7.69. The molecular weight excluding hydrogens is 1870 g/mol. The highest BCUT2D eigenvalue weighted by molar-refractivity contribution is 7.16. The number of nitro groups is 4. The Hall–Kier alpha value is -19.1. The molecule has 0 fully saturated rings. The Morgan fingerprint density at radius 2 is 0.563 bits per heavy atom. The average Bonchev–Trinajstić information content (AvgIpc) is 0.861.